The van der Waals surface area contributed by atoms with E-state index in [0.717, 1.165) is 59.4 Å². The molecule has 0 radical (unpaired) electrons. The third kappa shape index (κ3) is 10.7. The number of esters is 1. The Balaban J connectivity index is 1.14. The Kier molecular flexibility index (Phi) is 13.6. The van der Waals surface area contributed by atoms with Gasteiger partial charge in [-0.3, -0.25) is 14.4 Å². The molecule has 0 saturated carbocycles. The molecule has 282 valence electrons. The third-order valence-electron chi connectivity index (χ3n) is 9.04. The average molecular weight is 774 g/mol. The Bertz CT molecular complexity index is 2150. The van der Waals surface area contributed by atoms with Crippen LogP contribution in [0.3, 0.4) is 0 Å². The summed E-state index contributed by atoms with van der Waals surface area (Å²) in [7, 11) is 1.36. The van der Waals surface area contributed by atoms with Crippen LogP contribution < -0.4 is 20.7 Å². The first-order valence-corrected chi connectivity index (χ1v) is 19.9. The van der Waals surface area contributed by atoms with E-state index in [2.05, 4.69) is 16.0 Å². The smallest absolute Gasteiger partial charge is 0.341 e. The van der Waals surface area contributed by atoms with Gasteiger partial charge < -0.3 is 25.4 Å². The molecule has 9 nitrogen and oxygen atoms in total. The molecule has 5 aromatic rings. The number of amides is 3. The minimum Gasteiger partial charge on any atom is -0.489 e. The number of methoxy groups -OCH3 is 1. The summed E-state index contributed by atoms with van der Waals surface area (Å²) < 4.78 is 11.0. The maximum atomic E-state index is 13.8. The number of carbonyl (C=O) groups is 4. The Morgan fingerprint density at radius 3 is 2.25 bits per heavy atom. The number of nitrogens with one attached hydrogen (secondary N) is 3. The molecule has 55 heavy (non-hydrogen) atoms. The topological polar surface area (TPSA) is 123 Å². The number of rotatable bonds is 13. The molecule has 0 aliphatic heterocycles. The van der Waals surface area contributed by atoms with E-state index in [0.29, 0.717) is 39.7 Å². The van der Waals surface area contributed by atoms with Crippen LogP contribution in [0.15, 0.2) is 120 Å². The number of fused-ring (bicyclic) bond motifs is 1. The molecule has 0 fully saturated rings. The van der Waals surface area contributed by atoms with Crippen molar-refractivity contribution in [3.8, 4) is 5.75 Å². The number of ether oxygens (including phenoxy) is 2. The van der Waals surface area contributed by atoms with E-state index in [9.17, 15) is 19.2 Å². The van der Waals surface area contributed by atoms with Crippen molar-refractivity contribution < 1.29 is 28.7 Å². The van der Waals surface area contributed by atoms with E-state index in [-0.39, 0.29) is 11.6 Å². The van der Waals surface area contributed by atoms with Crippen LogP contribution in [0.2, 0.25) is 0 Å². The van der Waals surface area contributed by atoms with Crippen LogP contribution in [0.1, 0.15) is 74.9 Å². The average Bonchev–Trinajstić information content (AvgIpc) is 3.52. The van der Waals surface area contributed by atoms with E-state index in [1.165, 1.54) is 30.2 Å². The van der Waals surface area contributed by atoms with Crippen molar-refractivity contribution in [2.45, 2.75) is 62.2 Å². The maximum Gasteiger partial charge on any atom is 0.341 e. The summed E-state index contributed by atoms with van der Waals surface area (Å²) in [6.45, 7) is 2.22. The van der Waals surface area contributed by atoms with Crippen molar-refractivity contribution in [3.05, 3.63) is 148 Å². The fourth-order valence-corrected chi connectivity index (χ4v) is 8.36. The molecular weight excluding hydrogens is 731 g/mol. The molecule has 1 unspecified atom stereocenters. The molecule has 1 aliphatic rings. The highest BCUT2D eigenvalue weighted by molar-refractivity contribution is 8.00. The molecule has 1 aromatic heterocycles. The van der Waals surface area contributed by atoms with Crippen LogP contribution in [-0.2, 0) is 33.8 Å². The minimum absolute atomic E-state index is 0.0454. The van der Waals surface area contributed by atoms with Gasteiger partial charge >= 0.3 is 5.97 Å². The molecule has 0 spiro atoms. The number of hydrogen-bond donors (Lipinski definition) is 3. The standard InChI is InChI=1S/C44H43N3O6S2/c1-29(40(48)47-43-39(44(51)52-2)36-20-11-3-4-12-21-38(36)55-43)54-35-19-13-18-33(27-35)45-42(50)37(46-41(49)32-16-9-6-10-17-32)26-30-22-24-34(25-23-30)53-28-31-14-7-5-8-15-31/h5-10,13-19,22-27,29H,3-4,11-12,20-21,28H2,1-2H3,(H,45,50)(H,46,49)(H,47,48)/b37-26+. The fourth-order valence-electron chi connectivity index (χ4n) is 6.15. The summed E-state index contributed by atoms with van der Waals surface area (Å²) in [5, 5.41) is 8.70. The number of thiophene rings is 1. The lowest BCUT2D eigenvalue weighted by Gasteiger charge is -2.14. The van der Waals surface area contributed by atoms with Gasteiger partial charge in [-0.15, -0.1) is 23.1 Å². The Hall–Kier alpha value is -5.65. The van der Waals surface area contributed by atoms with Crippen LogP contribution in [0, 0.1) is 0 Å². The molecule has 6 rings (SSSR count). The second-order valence-corrected chi connectivity index (χ2v) is 15.6. The van der Waals surface area contributed by atoms with Crippen LogP contribution in [-0.4, -0.2) is 36.1 Å². The SMILES string of the molecule is COC(=O)c1c(NC(=O)C(C)Sc2cccc(NC(=O)/C(=C\c3ccc(OCc4ccccc4)cc3)NC(=O)c3ccccc3)c2)sc2c1CCCCCC2. The lowest BCUT2D eigenvalue weighted by atomic mass is 9.96. The molecule has 3 amide bonds. The first-order valence-electron chi connectivity index (χ1n) is 18.2. The first-order chi connectivity index (χ1) is 26.8. The van der Waals surface area contributed by atoms with Crippen molar-refractivity contribution in [1.29, 1.82) is 0 Å². The Morgan fingerprint density at radius 2 is 1.53 bits per heavy atom. The minimum atomic E-state index is -0.526. The highest BCUT2D eigenvalue weighted by atomic mass is 32.2. The molecule has 1 heterocycles. The third-order valence-corrected chi connectivity index (χ3v) is 11.3. The van der Waals surface area contributed by atoms with Gasteiger partial charge in [0.1, 0.15) is 23.1 Å². The van der Waals surface area contributed by atoms with Crippen LogP contribution >= 0.6 is 23.1 Å². The van der Waals surface area contributed by atoms with E-state index in [1.807, 2.05) is 66.7 Å². The number of anilines is 2. The molecule has 1 aliphatic carbocycles. The molecule has 1 atom stereocenters. The van der Waals surface area contributed by atoms with E-state index in [1.54, 1.807) is 55.5 Å². The lowest BCUT2D eigenvalue weighted by molar-refractivity contribution is -0.115. The molecule has 0 saturated heterocycles. The number of aryl methyl sites for hydroxylation is 1. The van der Waals surface area contributed by atoms with Gasteiger partial charge in [-0.25, -0.2) is 4.79 Å². The van der Waals surface area contributed by atoms with Crippen molar-refractivity contribution in [2.24, 2.45) is 0 Å². The molecule has 3 N–H and O–H groups in total. The zero-order chi connectivity index (χ0) is 38.6. The zero-order valence-corrected chi connectivity index (χ0v) is 32.4. The van der Waals surface area contributed by atoms with Gasteiger partial charge in [0.2, 0.25) is 5.91 Å². The monoisotopic (exact) mass is 773 g/mol. The number of hydrogen-bond acceptors (Lipinski definition) is 8. The fraction of sp³-hybridized carbons (Fsp3) is 0.227. The maximum absolute atomic E-state index is 13.8. The van der Waals surface area contributed by atoms with Crippen molar-refractivity contribution in [1.82, 2.24) is 5.32 Å². The van der Waals surface area contributed by atoms with Gasteiger partial charge in [-0.1, -0.05) is 79.6 Å². The molecule has 4 aromatic carbocycles. The number of carbonyl (C=O) groups excluding carboxylic acids is 4. The quantitative estimate of drug-likeness (QED) is 0.0619. The second-order valence-electron chi connectivity index (χ2n) is 13.1. The normalized spacial score (nSPS) is 13.3. The summed E-state index contributed by atoms with van der Waals surface area (Å²) in [4.78, 5) is 55.2. The molecule has 11 heteroatoms. The summed E-state index contributed by atoms with van der Waals surface area (Å²) in [6, 6.07) is 32.9. The van der Waals surface area contributed by atoms with Gasteiger partial charge in [-0.05, 0) is 97.8 Å². The summed E-state index contributed by atoms with van der Waals surface area (Å²) in [5.74, 6) is -0.964. The van der Waals surface area contributed by atoms with Gasteiger partial charge in [0, 0.05) is 21.0 Å². The Labute approximate surface area is 329 Å². The highest BCUT2D eigenvalue weighted by Crippen LogP contribution is 2.38. The predicted octanol–water partition coefficient (Wildman–Crippen LogP) is 9.30. The number of benzene rings is 4. The van der Waals surface area contributed by atoms with E-state index >= 15 is 0 Å². The largest absolute Gasteiger partial charge is 0.489 e. The van der Waals surface area contributed by atoms with Gasteiger partial charge in [0.15, 0.2) is 0 Å². The van der Waals surface area contributed by atoms with Crippen molar-refractivity contribution in [3.63, 3.8) is 0 Å². The van der Waals surface area contributed by atoms with Crippen LogP contribution in [0.25, 0.3) is 6.08 Å². The second kappa shape index (κ2) is 19.1. The lowest BCUT2D eigenvalue weighted by Crippen LogP contribution is -2.30. The van der Waals surface area contributed by atoms with Gasteiger partial charge in [0.05, 0.1) is 17.9 Å². The van der Waals surface area contributed by atoms with E-state index in [4.69, 9.17) is 9.47 Å². The summed E-state index contributed by atoms with van der Waals surface area (Å²) in [5.41, 5.74) is 4.13. The van der Waals surface area contributed by atoms with Crippen LogP contribution in [0.5, 0.6) is 5.75 Å². The summed E-state index contributed by atoms with van der Waals surface area (Å²) in [6.07, 6.45) is 7.59. The van der Waals surface area contributed by atoms with Gasteiger partial charge in [0.25, 0.3) is 11.8 Å². The summed E-state index contributed by atoms with van der Waals surface area (Å²) >= 11 is 2.79. The zero-order valence-electron chi connectivity index (χ0n) is 30.8. The van der Waals surface area contributed by atoms with Crippen molar-refractivity contribution in [2.75, 3.05) is 17.7 Å². The van der Waals surface area contributed by atoms with Gasteiger partial charge in [-0.2, -0.15) is 0 Å². The van der Waals surface area contributed by atoms with Crippen LogP contribution in [0.4, 0.5) is 10.7 Å². The Morgan fingerprint density at radius 1 is 0.818 bits per heavy atom. The molecular formula is C44H43N3O6S2. The van der Waals surface area contributed by atoms with Crippen molar-refractivity contribution >= 4 is 63.6 Å². The number of thioether (sulfide) groups is 1. The highest BCUT2D eigenvalue weighted by Gasteiger charge is 2.27. The first kappa shape index (κ1) is 39.1. The molecule has 0 bridgehead atoms. The predicted molar refractivity (Wildman–Crippen MR) is 220 cm³/mol. The van der Waals surface area contributed by atoms with E-state index < -0.39 is 23.0 Å².